The average molecular weight is 232 g/mol. The molecule has 0 aliphatic heterocycles. The summed E-state index contributed by atoms with van der Waals surface area (Å²) in [6, 6.07) is 8.21. The molecule has 0 amide bonds. The van der Waals surface area contributed by atoms with Gasteiger partial charge in [0.05, 0.1) is 0 Å². The number of thiophene rings is 1. The third-order valence-corrected chi connectivity index (χ3v) is 3.78. The lowest BCUT2D eigenvalue weighted by Crippen LogP contribution is -2.02. The van der Waals surface area contributed by atoms with Crippen molar-refractivity contribution in [3.8, 4) is 0 Å². The fourth-order valence-electron chi connectivity index (χ4n) is 1.90. The Bertz CT molecular complexity index is 499. The Balaban J connectivity index is 2.45. The quantitative estimate of drug-likeness (QED) is 0.836. The topological polar surface area (TPSA) is 20.2 Å². The van der Waals surface area contributed by atoms with Crippen LogP contribution in [0, 0.1) is 20.8 Å². The molecular weight excluding hydrogens is 216 g/mol. The second-order valence-electron chi connectivity index (χ2n) is 4.19. The van der Waals surface area contributed by atoms with Gasteiger partial charge in [0.15, 0.2) is 0 Å². The highest BCUT2D eigenvalue weighted by molar-refractivity contribution is 7.10. The molecule has 1 heterocycles. The fourth-order valence-corrected chi connectivity index (χ4v) is 2.64. The first kappa shape index (κ1) is 11.4. The average Bonchev–Trinajstić information content (AvgIpc) is 2.67. The molecule has 0 aliphatic carbocycles. The first-order valence-electron chi connectivity index (χ1n) is 5.39. The number of aliphatic hydroxyl groups excluding tert-OH is 1. The van der Waals surface area contributed by atoms with E-state index < -0.39 is 6.10 Å². The van der Waals surface area contributed by atoms with Crippen LogP contribution in [0.5, 0.6) is 0 Å². The Hall–Kier alpha value is -1.12. The molecule has 0 fully saturated rings. The van der Waals surface area contributed by atoms with Crippen LogP contribution in [0.3, 0.4) is 0 Å². The van der Waals surface area contributed by atoms with E-state index in [2.05, 4.69) is 25.1 Å². The van der Waals surface area contributed by atoms with Crippen molar-refractivity contribution in [2.75, 3.05) is 0 Å². The van der Waals surface area contributed by atoms with E-state index in [0.717, 1.165) is 16.7 Å². The summed E-state index contributed by atoms with van der Waals surface area (Å²) in [7, 11) is 0. The van der Waals surface area contributed by atoms with Crippen molar-refractivity contribution in [3.63, 3.8) is 0 Å². The zero-order valence-electron chi connectivity index (χ0n) is 9.82. The van der Waals surface area contributed by atoms with E-state index in [1.807, 2.05) is 25.3 Å². The second kappa shape index (κ2) is 4.40. The summed E-state index contributed by atoms with van der Waals surface area (Å²) in [5, 5.41) is 12.4. The molecule has 16 heavy (non-hydrogen) atoms. The number of benzene rings is 1. The highest BCUT2D eigenvalue weighted by Crippen LogP contribution is 2.30. The summed E-state index contributed by atoms with van der Waals surface area (Å²) in [4.78, 5) is 1.19. The molecule has 1 aromatic heterocycles. The van der Waals surface area contributed by atoms with Crippen LogP contribution in [0.15, 0.2) is 29.6 Å². The second-order valence-corrected chi connectivity index (χ2v) is 5.31. The predicted molar refractivity (Wildman–Crippen MR) is 69.0 cm³/mol. The molecule has 1 unspecified atom stereocenters. The van der Waals surface area contributed by atoms with Crippen molar-refractivity contribution < 1.29 is 5.11 Å². The number of hydrogen-bond acceptors (Lipinski definition) is 2. The van der Waals surface area contributed by atoms with Gasteiger partial charge in [-0.25, -0.2) is 0 Å². The van der Waals surface area contributed by atoms with Crippen molar-refractivity contribution >= 4 is 11.3 Å². The summed E-state index contributed by atoms with van der Waals surface area (Å²) in [6.07, 6.45) is -0.494. The lowest BCUT2D eigenvalue weighted by Gasteiger charge is -2.14. The molecule has 0 spiro atoms. The van der Waals surface area contributed by atoms with Gasteiger partial charge in [-0.3, -0.25) is 0 Å². The largest absolute Gasteiger partial charge is 0.384 e. The standard InChI is InChI=1S/C14H16OS/c1-9-4-5-10(2)13(8-9)14(15)12-6-7-16-11(12)3/h4-8,14-15H,1-3H3. The van der Waals surface area contributed by atoms with Crippen LogP contribution in [-0.4, -0.2) is 5.11 Å². The van der Waals surface area contributed by atoms with Gasteiger partial charge in [0.2, 0.25) is 0 Å². The van der Waals surface area contributed by atoms with Crippen LogP contribution in [0.4, 0.5) is 0 Å². The molecular formula is C14H16OS. The fraction of sp³-hybridized carbons (Fsp3) is 0.286. The Morgan fingerprint density at radius 2 is 1.81 bits per heavy atom. The third kappa shape index (κ3) is 2.04. The van der Waals surface area contributed by atoms with Crippen molar-refractivity contribution in [2.45, 2.75) is 26.9 Å². The lowest BCUT2D eigenvalue weighted by atomic mass is 9.96. The van der Waals surface area contributed by atoms with Crippen LogP contribution in [0.25, 0.3) is 0 Å². The van der Waals surface area contributed by atoms with E-state index >= 15 is 0 Å². The van der Waals surface area contributed by atoms with Crippen molar-refractivity contribution in [2.24, 2.45) is 0 Å². The first-order valence-corrected chi connectivity index (χ1v) is 6.27. The van der Waals surface area contributed by atoms with Crippen LogP contribution in [-0.2, 0) is 0 Å². The maximum atomic E-state index is 10.4. The molecule has 1 N–H and O–H groups in total. The molecule has 2 aromatic rings. The molecule has 84 valence electrons. The van der Waals surface area contributed by atoms with Gasteiger partial charge >= 0.3 is 0 Å². The maximum Gasteiger partial charge on any atom is 0.105 e. The lowest BCUT2D eigenvalue weighted by molar-refractivity contribution is 0.219. The first-order chi connectivity index (χ1) is 7.59. The summed E-state index contributed by atoms with van der Waals surface area (Å²) >= 11 is 1.68. The van der Waals surface area contributed by atoms with Crippen molar-refractivity contribution in [1.29, 1.82) is 0 Å². The molecule has 0 radical (unpaired) electrons. The van der Waals surface area contributed by atoms with Gasteiger partial charge in [-0.05, 0) is 48.9 Å². The molecule has 0 aliphatic rings. The summed E-state index contributed by atoms with van der Waals surface area (Å²) in [6.45, 7) is 6.14. The number of aryl methyl sites for hydroxylation is 3. The number of hydrogen-bond donors (Lipinski definition) is 1. The molecule has 0 saturated carbocycles. The van der Waals surface area contributed by atoms with E-state index in [4.69, 9.17) is 0 Å². The minimum Gasteiger partial charge on any atom is -0.384 e. The number of rotatable bonds is 2. The van der Waals surface area contributed by atoms with Gasteiger partial charge in [0, 0.05) is 4.88 Å². The zero-order chi connectivity index (χ0) is 11.7. The van der Waals surface area contributed by atoms with Crippen molar-refractivity contribution in [3.05, 3.63) is 56.8 Å². The summed E-state index contributed by atoms with van der Waals surface area (Å²) in [5.74, 6) is 0. The SMILES string of the molecule is Cc1ccc(C)c(C(O)c2ccsc2C)c1. The maximum absolute atomic E-state index is 10.4. The van der Waals surface area contributed by atoms with Crippen LogP contribution < -0.4 is 0 Å². The van der Waals surface area contributed by atoms with Crippen LogP contribution in [0.2, 0.25) is 0 Å². The zero-order valence-corrected chi connectivity index (χ0v) is 10.6. The molecule has 1 nitrogen and oxygen atoms in total. The third-order valence-electron chi connectivity index (χ3n) is 2.92. The minimum absolute atomic E-state index is 0.494. The van der Waals surface area contributed by atoms with E-state index in [0.29, 0.717) is 0 Å². The minimum atomic E-state index is -0.494. The molecule has 1 aromatic carbocycles. The molecule has 2 rings (SSSR count). The van der Waals surface area contributed by atoms with Gasteiger partial charge in [0.1, 0.15) is 6.10 Å². The molecule has 0 bridgehead atoms. The summed E-state index contributed by atoms with van der Waals surface area (Å²) < 4.78 is 0. The van der Waals surface area contributed by atoms with Gasteiger partial charge < -0.3 is 5.11 Å². The Kier molecular flexibility index (Phi) is 3.13. The highest BCUT2D eigenvalue weighted by Gasteiger charge is 2.15. The van der Waals surface area contributed by atoms with Crippen molar-refractivity contribution in [1.82, 2.24) is 0 Å². The van der Waals surface area contributed by atoms with E-state index in [9.17, 15) is 5.11 Å². The summed E-state index contributed by atoms with van der Waals surface area (Å²) in [5.41, 5.74) is 4.37. The van der Waals surface area contributed by atoms with Gasteiger partial charge in [-0.1, -0.05) is 23.8 Å². The Morgan fingerprint density at radius 1 is 1.06 bits per heavy atom. The Labute approximate surface area is 100 Å². The van der Waals surface area contributed by atoms with Gasteiger partial charge in [-0.2, -0.15) is 0 Å². The highest BCUT2D eigenvalue weighted by atomic mass is 32.1. The number of aliphatic hydroxyl groups is 1. The normalized spacial score (nSPS) is 12.8. The monoisotopic (exact) mass is 232 g/mol. The van der Waals surface area contributed by atoms with Crippen LogP contribution >= 0.6 is 11.3 Å². The smallest absolute Gasteiger partial charge is 0.105 e. The predicted octanol–water partition coefficient (Wildman–Crippen LogP) is 3.76. The molecule has 0 saturated heterocycles. The van der Waals surface area contributed by atoms with Crippen LogP contribution in [0.1, 0.15) is 33.2 Å². The van der Waals surface area contributed by atoms with E-state index in [1.54, 1.807) is 11.3 Å². The van der Waals surface area contributed by atoms with E-state index in [1.165, 1.54) is 10.4 Å². The molecule has 1 atom stereocenters. The molecule has 2 heteroatoms. The van der Waals surface area contributed by atoms with Gasteiger partial charge in [0.25, 0.3) is 0 Å². The Morgan fingerprint density at radius 3 is 2.44 bits per heavy atom. The van der Waals surface area contributed by atoms with Gasteiger partial charge in [-0.15, -0.1) is 11.3 Å². The van der Waals surface area contributed by atoms with E-state index in [-0.39, 0.29) is 0 Å².